The van der Waals surface area contributed by atoms with E-state index in [0.29, 0.717) is 24.3 Å². The minimum Gasteiger partial charge on any atom is -0.456 e. The lowest BCUT2D eigenvalue weighted by atomic mass is 10.0. The molecule has 0 unspecified atom stereocenters. The summed E-state index contributed by atoms with van der Waals surface area (Å²) in [5.74, 6) is -0.128. The molecule has 0 radical (unpaired) electrons. The minimum atomic E-state index is -0.517. The number of benzene rings is 2. The van der Waals surface area contributed by atoms with Crippen LogP contribution in [0.2, 0.25) is 0 Å². The van der Waals surface area contributed by atoms with Crippen molar-refractivity contribution < 1.29 is 19.1 Å². The number of rotatable bonds is 9. The van der Waals surface area contributed by atoms with E-state index in [1.165, 1.54) is 11.3 Å². The molecule has 1 amide bonds. The number of allylic oxidation sites excluding steroid dienone is 1. The predicted octanol–water partition coefficient (Wildman–Crippen LogP) is 6.15. The van der Waals surface area contributed by atoms with Gasteiger partial charge >= 0.3 is 5.97 Å². The van der Waals surface area contributed by atoms with Gasteiger partial charge in [0, 0.05) is 24.3 Å². The van der Waals surface area contributed by atoms with Crippen LogP contribution in [-0.4, -0.2) is 40.7 Å². The Morgan fingerprint density at radius 2 is 1.86 bits per heavy atom. The number of aryl methyl sites for hydroxylation is 1. The Kier molecular flexibility index (Phi) is 8.04. The molecular formula is C30H33NO4S. The second-order valence-corrected chi connectivity index (χ2v) is 11.4. The zero-order valence-electron chi connectivity index (χ0n) is 21.2. The highest BCUT2D eigenvalue weighted by Gasteiger charge is 2.28. The Hall–Kier alpha value is -3.25. The number of carbonyl (C=O) groups is 3. The summed E-state index contributed by atoms with van der Waals surface area (Å²) in [6.07, 6.45) is 6.71. The lowest BCUT2D eigenvalue weighted by molar-refractivity contribution is -0.128. The lowest BCUT2D eigenvalue weighted by Crippen LogP contribution is -2.33. The Morgan fingerprint density at radius 3 is 2.64 bits per heavy atom. The molecule has 188 valence electrons. The summed E-state index contributed by atoms with van der Waals surface area (Å²) >= 11 is 1.44. The molecule has 0 N–H and O–H groups in total. The first-order valence-electron chi connectivity index (χ1n) is 12.5. The first-order valence-corrected chi connectivity index (χ1v) is 13.3. The average molecular weight is 504 g/mol. The molecule has 0 aliphatic carbocycles. The van der Waals surface area contributed by atoms with Crippen LogP contribution in [0.3, 0.4) is 0 Å². The Balaban J connectivity index is 1.28. The van der Waals surface area contributed by atoms with Gasteiger partial charge in [-0.05, 0) is 74.6 Å². The molecule has 1 aliphatic rings. The molecule has 1 fully saturated rings. The molecule has 1 saturated heterocycles. The summed E-state index contributed by atoms with van der Waals surface area (Å²) < 4.78 is 5.44. The second kappa shape index (κ2) is 11.2. The van der Waals surface area contributed by atoms with Gasteiger partial charge in [-0.2, -0.15) is 0 Å². The number of fused-ring (bicyclic) bond motifs is 1. The van der Waals surface area contributed by atoms with Gasteiger partial charge in [0.15, 0.2) is 5.78 Å². The Bertz CT molecular complexity index is 1280. The number of thiophene rings is 1. The zero-order chi connectivity index (χ0) is 25.7. The lowest BCUT2D eigenvalue weighted by Gasteiger charge is -2.22. The molecule has 36 heavy (non-hydrogen) atoms. The van der Waals surface area contributed by atoms with E-state index in [1.807, 2.05) is 68.1 Å². The van der Waals surface area contributed by atoms with E-state index >= 15 is 0 Å². The van der Waals surface area contributed by atoms with Crippen LogP contribution in [-0.2, 0) is 27.2 Å². The van der Waals surface area contributed by atoms with Crippen LogP contribution in [0.4, 0.5) is 0 Å². The second-order valence-electron chi connectivity index (χ2n) is 10.2. The van der Waals surface area contributed by atoms with Gasteiger partial charge < -0.3 is 9.64 Å². The molecule has 4 rings (SSSR count). The molecule has 2 aromatic carbocycles. The van der Waals surface area contributed by atoms with E-state index in [4.69, 9.17) is 4.74 Å². The van der Waals surface area contributed by atoms with Crippen LogP contribution in [0.1, 0.15) is 60.1 Å². The maximum Gasteiger partial charge on any atom is 0.348 e. The van der Waals surface area contributed by atoms with Crippen molar-refractivity contribution in [3.05, 3.63) is 82.1 Å². The van der Waals surface area contributed by atoms with Crippen molar-refractivity contribution in [1.29, 1.82) is 0 Å². The third-order valence-corrected chi connectivity index (χ3v) is 7.28. The van der Waals surface area contributed by atoms with Crippen molar-refractivity contribution in [1.82, 2.24) is 4.90 Å². The molecule has 2 heterocycles. The number of ketones is 1. The smallest absolute Gasteiger partial charge is 0.348 e. The Labute approximate surface area is 216 Å². The Morgan fingerprint density at radius 1 is 1.08 bits per heavy atom. The monoisotopic (exact) mass is 503 g/mol. The summed E-state index contributed by atoms with van der Waals surface area (Å²) in [5.41, 5.74) is 0.473. The predicted molar refractivity (Wildman–Crippen MR) is 144 cm³/mol. The average Bonchev–Trinajstić information content (AvgIpc) is 3.44. The number of amides is 1. The summed E-state index contributed by atoms with van der Waals surface area (Å²) in [6, 6.07) is 17.9. The van der Waals surface area contributed by atoms with Crippen LogP contribution in [0.15, 0.2) is 66.7 Å². The fourth-order valence-electron chi connectivity index (χ4n) is 4.45. The molecule has 0 saturated carbocycles. The number of carbonyl (C=O) groups excluding carboxylic acids is 3. The van der Waals surface area contributed by atoms with E-state index in [2.05, 4.69) is 18.2 Å². The highest BCUT2D eigenvalue weighted by Crippen LogP contribution is 2.24. The largest absolute Gasteiger partial charge is 0.456 e. The standard InChI is InChI=1S/C30H33NO4S/c1-30(2,3)35-29(34)27-16-15-26(36-27)9-6-18-31-24(13-17-28(31)33)12-14-25(32)20-21-10-11-22-7-4-5-8-23(22)19-21/h4-5,7-8,10-12,14-16,19,24H,6,9,13,17-18,20H2,1-3H3/t24-/m0/s1. The quantitative estimate of drug-likeness (QED) is 0.260. The van der Waals surface area contributed by atoms with E-state index < -0.39 is 5.60 Å². The van der Waals surface area contributed by atoms with Gasteiger partial charge in [0.2, 0.25) is 5.91 Å². The number of ether oxygens (including phenoxy) is 1. The van der Waals surface area contributed by atoms with Crippen LogP contribution >= 0.6 is 11.3 Å². The molecule has 5 nitrogen and oxygen atoms in total. The van der Waals surface area contributed by atoms with Gasteiger partial charge in [-0.1, -0.05) is 48.5 Å². The molecule has 1 aliphatic heterocycles. The van der Waals surface area contributed by atoms with Gasteiger partial charge in [0.1, 0.15) is 10.5 Å². The highest BCUT2D eigenvalue weighted by molar-refractivity contribution is 7.13. The summed E-state index contributed by atoms with van der Waals surface area (Å²) in [6.45, 7) is 6.20. The van der Waals surface area contributed by atoms with E-state index in [-0.39, 0.29) is 23.7 Å². The van der Waals surface area contributed by atoms with Crippen LogP contribution in [0.5, 0.6) is 0 Å². The molecule has 1 atom stereocenters. The maximum absolute atomic E-state index is 12.6. The van der Waals surface area contributed by atoms with Gasteiger partial charge in [-0.3, -0.25) is 9.59 Å². The van der Waals surface area contributed by atoms with Crippen molar-refractivity contribution >= 4 is 39.8 Å². The summed E-state index contributed by atoms with van der Waals surface area (Å²) in [5, 5.41) is 2.29. The molecule has 1 aromatic heterocycles. The van der Waals surface area contributed by atoms with Crippen molar-refractivity contribution in [3.63, 3.8) is 0 Å². The first kappa shape index (κ1) is 25.8. The fourth-order valence-corrected chi connectivity index (χ4v) is 5.37. The number of hydrogen-bond acceptors (Lipinski definition) is 5. The maximum atomic E-state index is 12.6. The normalized spacial score (nSPS) is 16.2. The van der Waals surface area contributed by atoms with Crippen LogP contribution in [0, 0.1) is 0 Å². The van der Waals surface area contributed by atoms with Crippen LogP contribution < -0.4 is 0 Å². The molecule has 0 spiro atoms. The molecular weight excluding hydrogens is 470 g/mol. The topological polar surface area (TPSA) is 63.7 Å². The van der Waals surface area contributed by atoms with Gasteiger partial charge in [-0.15, -0.1) is 11.3 Å². The fraction of sp³-hybridized carbons (Fsp3) is 0.367. The minimum absolute atomic E-state index is 0.0397. The molecule has 3 aromatic rings. The zero-order valence-corrected chi connectivity index (χ0v) is 22.0. The van der Waals surface area contributed by atoms with Gasteiger partial charge in [-0.25, -0.2) is 4.79 Å². The number of hydrogen-bond donors (Lipinski definition) is 0. The summed E-state index contributed by atoms with van der Waals surface area (Å²) in [4.78, 5) is 40.9. The third kappa shape index (κ3) is 6.91. The van der Waals surface area contributed by atoms with Crippen LogP contribution in [0.25, 0.3) is 10.8 Å². The number of esters is 1. The highest BCUT2D eigenvalue weighted by atomic mass is 32.1. The molecule has 6 heteroatoms. The molecule has 0 bridgehead atoms. The van der Waals surface area contributed by atoms with Crippen molar-refractivity contribution in [2.45, 2.75) is 64.5 Å². The van der Waals surface area contributed by atoms with Crippen molar-refractivity contribution in [2.24, 2.45) is 0 Å². The van der Waals surface area contributed by atoms with Gasteiger partial charge in [0.25, 0.3) is 0 Å². The summed E-state index contributed by atoms with van der Waals surface area (Å²) in [7, 11) is 0. The SMILES string of the molecule is CC(C)(C)OC(=O)c1ccc(CCCN2C(=O)CC[C@@H]2C=CC(=O)Cc2ccc3ccccc3c2)s1. The third-order valence-electron chi connectivity index (χ3n) is 6.16. The van der Waals surface area contributed by atoms with Gasteiger partial charge in [0.05, 0.1) is 6.04 Å². The van der Waals surface area contributed by atoms with E-state index in [1.54, 1.807) is 6.08 Å². The van der Waals surface area contributed by atoms with E-state index in [9.17, 15) is 14.4 Å². The van der Waals surface area contributed by atoms with Crippen molar-refractivity contribution in [2.75, 3.05) is 6.54 Å². The van der Waals surface area contributed by atoms with E-state index in [0.717, 1.165) is 40.5 Å². The first-order chi connectivity index (χ1) is 17.2. The van der Waals surface area contributed by atoms with Crippen molar-refractivity contribution in [3.8, 4) is 0 Å². The number of nitrogens with zero attached hydrogens (tertiary/aromatic N) is 1. The number of likely N-dealkylation sites (tertiary alicyclic amines) is 1.